The zero-order valence-electron chi connectivity index (χ0n) is 8.05. The fourth-order valence-corrected chi connectivity index (χ4v) is 4.07. The highest BCUT2D eigenvalue weighted by Crippen LogP contribution is 2.29. The molecule has 0 spiro atoms. The Bertz CT molecular complexity index is 434. The van der Waals surface area contributed by atoms with E-state index >= 15 is 0 Å². The van der Waals surface area contributed by atoms with Crippen molar-refractivity contribution in [3.8, 4) is 0 Å². The molecular formula is C9H8BrNO3S2. The summed E-state index contributed by atoms with van der Waals surface area (Å²) in [6.45, 7) is 0. The number of hydrogen-bond donors (Lipinski definition) is 1. The monoisotopic (exact) mass is 321 g/mol. The largest absolute Gasteiger partial charge is 0.480 e. The van der Waals surface area contributed by atoms with Gasteiger partial charge in [0.1, 0.15) is 10.9 Å². The molecule has 86 valence electrons. The molecule has 1 aromatic heterocycles. The first-order valence-corrected chi connectivity index (χ1v) is 7.28. The van der Waals surface area contributed by atoms with Crippen molar-refractivity contribution in [3.05, 3.63) is 20.8 Å². The maximum absolute atomic E-state index is 12.1. The van der Waals surface area contributed by atoms with E-state index in [0.29, 0.717) is 16.5 Å². The van der Waals surface area contributed by atoms with Crippen LogP contribution in [0.15, 0.2) is 15.9 Å². The van der Waals surface area contributed by atoms with Crippen LogP contribution >= 0.6 is 39.0 Å². The molecular weight excluding hydrogens is 314 g/mol. The lowest BCUT2D eigenvalue weighted by Gasteiger charge is -2.19. The molecule has 1 saturated heterocycles. The first-order chi connectivity index (χ1) is 7.61. The number of amides is 1. The van der Waals surface area contributed by atoms with Crippen LogP contribution < -0.4 is 0 Å². The second-order valence-electron chi connectivity index (χ2n) is 3.23. The molecule has 0 aromatic carbocycles. The fourth-order valence-electron chi connectivity index (χ4n) is 1.42. The van der Waals surface area contributed by atoms with E-state index in [1.807, 2.05) is 0 Å². The van der Waals surface area contributed by atoms with E-state index in [1.54, 1.807) is 11.4 Å². The third-order valence-electron chi connectivity index (χ3n) is 2.24. The molecule has 1 amide bonds. The quantitative estimate of drug-likeness (QED) is 0.906. The van der Waals surface area contributed by atoms with Crippen LogP contribution in [0.1, 0.15) is 9.67 Å². The van der Waals surface area contributed by atoms with Crippen LogP contribution in [0.4, 0.5) is 0 Å². The predicted molar refractivity (Wildman–Crippen MR) is 66.9 cm³/mol. The van der Waals surface area contributed by atoms with E-state index < -0.39 is 12.0 Å². The van der Waals surface area contributed by atoms with Crippen LogP contribution in [0.3, 0.4) is 0 Å². The Morgan fingerprint density at radius 3 is 2.88 bits per heavy atom. The molecule has 0 bridgehead atoms. The lowest BCUT2D eigenvalue weighted by molar-refractivity contribution is -0.140. The number of rotatable bonds is 2. The molecule has 0 radical (unpaired) electrons. The van der Waals surface area contributed by atoms with Gasteiger partial charge in [0.25, 0.3) is 5.91 Å². The van der Waals surface area contributed by atoms with Gasteiger partial charge in [0, 0.05) is 10.2 Å². The first kappa shape index (κ1) is 11.9. The minimum atomic E-state index is -0.939. The van der Waals surface area contributed by atoms with Crippen molar-refractivity contribution < 1.29 is 14.7 Å². The zero-order valence-corrected chi connectivity index (χ0v) is 11.3. The van der Waals surface area contributed by atoms with Crippen molar-refractivity contribution >= 4 is 50.9 Å². The number of thioether (sulfide) groups is 1. The Labute approximate surface area is 109 Å². The zero-order chi connectivity index (χ0) is 11.7. The highest BCUT2D eigenvalue weighted by atomic mass is 79.9. The van der Waals surface area contributed by atoms with Gasteiger partial charge in [0.15, 0.2) is 0 Å². The minimum Gasteiger partial charge on any atom is -0.480 e. The summed E-state index contributed by atoms with van der Waals surface area (Å²) >= 11 is 6.06. The molecule has 1 aliphatic heterocycles. The number of thiophene rings is 1. The third kappa shape index (κ3) is 2.11. The van der Waals surface area contributed by atoms with Gasteiger partial charge in [0.05, 0.1) is 5.88 Å². The highest BCUT2D eigenvalue weighted by molar-refractivity contribution is 9.10. The Morgan fingerprint density at radius 2 is 2.31 bits per heavy atom. The lowest BCUT2D eigenvalue weighted by atomic mass is 10.3. The van der Waals surface area contributed by atoms with Gasteiger partial charge in [-0.15, -0.1) is 23.1 Å². The van der Waals surface area contributed by atoms with Crippen LogP contribution in [0.2, 0.25) is 0 Å². The third-order valence-corrected chi connectivity index (χ3v) is 5.08. The summed E-state index contributed by atoms with van der Waals surface area (Å²) in [5.41, 5.74) is 0. The van der Waals surface area contributed by atoms with E-state index in [-0.39, 0.29) is 5.91 Å². The Balaban J connectivity index is 2.22. The molecule has 7 heteroatoms. The van der Waals surface area contributed by atoms with Crippen molar-refractivity contribution in [2.24, 2.45) is 0 Å². The topological polar surface area (TPSA) is 57.6 Å². The van der Waals surface area contributed by atoms with Crippen molar-refractivity contribution in [2.45, 2.75) is 6.04 Å². The number of carbonyl (C=O) groups is 2. The molecule has 0 unspecified atom stereocenters. The number of hydrogen-bond acceptors (Lipinski definition) is 4. The Kier molecular flexibility index (Phi) is 3.56. The number of carboxylic acids is 1. The second kappa shape index (κ2) is 4.77. The first-order valence-electron chi connectivity index (χ1n) is 4.45. The fraction of sp³-hybridized carbons (Fsp3) is 0.333. The summed E-state index contributed by atoms with van der Waals surface area (Å²) in [7, 11) is 0. The lowest BCUT2D eigenvalue weighted by Crippen LogP contribution is -2.41. The molecule has 1 fully saturated rings. The number of aliphatic carboxylic acids is 1. The molecule has 4 nitrogen and oxygen atoms in total. The summed E-state index contributed by atoms with van der Waals surface area (Å²) in [6.07, 6.45) is 0. The van der Waals surface area contributed by atoms with Crippen LogP contribution in [0.25, 0.3) is 0 Å². The predicted octanol–water partition coefficient (Wildman–Crippen LogP) is 2.11. The Morgan fingerprint density at radius 1 is 1.56 bits per heavy atom. The SMILES string of the molecule is O=C(O)[C@@H]1CSCN1C(=O)c1sccc1Br. The summed E-state index contributed by atoms with van der Waals surface area (Å²) < 4.78 is 0.725. The van der Waals surface area contributed by atoms with Crippen LogP contribution in [-0.2, 0) is 4.79 Å². The van der Waals surface area contributed by atoms with Gasteiger partial charge >= 0.3 is 5.97 Å². The van der Waals surface area contributed by atoms with E-state index in [0.717, 1.165) is 4.47 Å². The molecule has 16 heavy (non-hydrogen) atoms. The van der Waals surface area contributed by atoms with Crippen LogP contribution in [-0.4, -0.2) is 39.6 Å². The summed E-state index contributed by atoms with van der Waals surface area (Å²) in [5.74, 6) is -0.241. The van der Waals surface area contributed by atoms with Crippen molar-refractivity contribution in [2.75, 3.05) is 11.6 Å². The standard InChI is InChI=1S/C9H8BrNO3S2/c10-5-1-2-16-7(5)8(12)11-4-15-3-6(11)9(13)14/h1-2,6H,3-4H2,(H,13,14)/t6-/m0/s1. The molecule has 2 heterocycles. The van der Waals surface area contributed by atoms with E-state index in [4.69, 9.17) is 5.11 Å². The molecule has 1 atom stereocenters. The Hall–Kier alpha value is -0.530. The second-order valence-corrected chi connectivity index (χ2v) is 6.00. The number of nitrogens with zero attached hydrogens (tertiary/aromatic N) is 1. The van der Waals surface area contributed by atoms with Gasteiger partial charge in [-0.3, -0.25) is 4.79 Å². The van der Waals surface area contributed by atoms with Crippen LogP contribution in [0, 0.1) is 0 Å². The van der Waals surface area contributed by atoms with E-state index in [2.05, 4.69) is 15.9 Å². The van der Waals surface area contributed by atoms with Crippen molar-refractivity contribution in [1.82, 2.24) is 4.90 Å². The molecule has 1 N–H and O–H groups in total. The van der Waals surface area contributed by atoms with Gasteiger partial charge in [-0.05, 0) is 27.4 Å². The maximum atomic E-state index is 12.1. The number of carboxylic acid groups (broad SMARTS) is 1. The number of carbonyl (C=O) groups excluding carboxylic acids is 1. The van der Waals surface area contributed by atoms with E-state index in [1.165, 1.54) is 28.0 Å². The minimum absolute atomic E-state index is 0.209. The summed E-state index contributed by atoms with van der Waals surface area (Å²) in [5, 5.41) is 10.8. The van der Waals surface area contributed by atoms with Crippen LogP contribution in [0.5, 0.6) is 0 Å². The van der Waals surface area contributed by atoms with Gasteiger partial charge in [-0.2, -0.15) is 0 Å². The summed E-state index contributed by atoms with van der Waals surface area (Å²) in [6, 6.07) is 1.09. The van der Waals surface area contributed by atoms with Crippen molar-refractivity contribution in [1.29, 1.82) is 0 Å². The molecule has 0 saturated carbocycles. The number of halogens is 1. The molecule has 1 aromatic rings. The maximum Gasteiger partial charge on any atom is 0.327 e. The highest BCUT2D eigenvalue weighted by Gasteiger charge is 2.35. The van der Waals surface area contributed by atoms with Gasteiger partial charge in [0.2, 0.25) is 0 Å². The molecule has 2 rings (SSSR count). The molecule has 0 aliphatic carbocycles. The van der Waals surface area contributed by atoms with E-state index in [9.17, 15) is 9.59 Å². The smallest absolute Gasteiger partial charge is 0.327 e. The normalized spacial score (nSPS) is 20.1. The average molecular weight is 322 g/mol. The summed E-state index contributed by atoms with van der Waals surface area (Å²) in [4.78, 5) is 25.0. The molecule has 1 aliphatic rings. The van der Waals surface area contributed by atoms with Gasteiger partial charge in [-0.25, -0.2) is 4.79 Å². The van der Waals surface area contributed by atoms with Crippen molar-refractivity contribution in [3.63, 3.8) is 0 Å². The average Bonchev–Trinajstić information content (AvgIpc) is 2.84. The van der Waals surface area contributed by atoms with Gasteiger partial charge in [-0.1, -0.05) is 0 Å². The van der Waals surface area contributed by atoms with Gasteiger partial charge < -0.3 is 10.0 Å².